The number of benzene rings is 1. The van der Waals surface area contributed by atoms with Gasteiger partial charge < -0.3 is 19.7 Å². The molecule has 0 amide bonds. The minimum atomic E-state index is -1.46. The summed E-state index contributed by atoms with van der Waals surface area (Å²) in [5.74, 6) is 0.637. The van der Waals surface area contributed by atoms with Crippen molar-refractivity contribution in [2.75, 3.05) is 21.2 Å². The smallest absolute Gasteiger partial charge is 0.488 e. The molecule has 1 aromatic carbocycles. The highest BCUT2D eigenvalue weighted by Crippen LogP contribution is 2.12. The SMILES string of the molecule is COc1cc(CN(C)C)cc(B(O)O)c1. The van der Waals surface area contributed by atoms with Crippen molar-refractivity contribution in [3.63, 3.8) is 0 Å². The van der Waals surface area contributed by atoms with Crippen molar-refractivity contribution in [1.82, 2.24) is 4.90 Å². The average molecular weight is 209 g/mol. The van der Waals surface area contributed by atoms with Crippen LogP contribution in [0, 0.1) is 0 Å². The Labute approximate surface area is 90.2 Å². The highest BCUT2D eigenvalue weighted by Gasteiger charge is 2.13. The fourth-order valence-corrected chi connectivity index (χ4v) is 1.41. The van der Waals surface area contributed by atoms with E-state index in [0.29, 0.717) is 11.2 Å². The molecule has 0 aliphatic carbocycles. The van der Waals surface area contributed by atoms with E-state index < -0.39 is 7.12 Å². The predicted molar refractivity (Wildman–Crippen MR) is 60.2 cm³/mol. The molecule has 15 heavy (non-hydrogen) atoms. The van der Waals surface area contributed by atoms with E-state index in [1.165, 1.54) is 0 Å². The van der Waals surface area contributed by atoms with Gasteiger partial charge in [0.1, 0.15) is 5.75 Å². The van der Waals surface area contributed by atoms with Crippen molar-refractivity contribution < 1.29 is 14.8 Å². The molecule has 4 nitrogen and oxygen atoms in total. The quantitative estimate of drug-likeness (QED) is 0.652. The van der Waals surface area contributed by atoms with Crippen LogP contribution in [0.1, 0.15) is 5.56 Å². The molecule has 0 heterocycles. The Morgan fingerprint density at radius 3 is 2.40 bits per heavy atom. The first-order valence-electron chi connectivity index (χ1n) is 4.71. The Kier molecular flexibility index (Phi) is 4.14. The van der Waals surface area contributed by atoms with Gasteiger partial charge in [0, 0.05) is 6.54 Å². The van der Waals surface area contributed by atoms with Crippen LogP contribution in [0.3, 0.4) is 0 Å². The molecule has 0 fully saturated rings. The van der Waals surface area contributed by atoms with E-state index in [1.54, 1.807) is 19.2 Å². The summed E-state index contributed by atoms with van der Waals surface area (Å²) in [5, 5.41) is 18.2. The molecule has 1 aromatic rings. The second-order valence-electron chi connectivity index (χ2n) is 3.73. The summed E-state index contributed by atoms with van der Waals surface area (Å²) in [6.45, 7) is 0.733. The molecule has 82 valence electrons. The zero-order chi connectivity index (χ0) is 11.4. The number of rotatable bonds is 4. The Balaban J connectivity index is 3.00. The van der Waals surface area contributed by atoms with Crippen molar-refractivity contribution in [1.29, 1.82) is 0 Å². The molecule has 5 heteroatoms. The lowest BCUT2D eigenvalue weighted by Crippen LogP contribution is -2.30. The number of ether oxygens (including phenoxy) is 1. The number of methoxy groups -OCH3 is 1. The molecule has 0 atom stereocenters. The third-order valence-corrected chi connectivity index (χ3v) is 2.02. The molecular formula is C10H16BNO3. The molecule has 0 unspecified atom stereocenters. The Morgan fingerprint density at radius 1 is 1.27 bits per heavy atom. The average Bonchev–Trinajstić information content (AvgIpc) is 2.16. The van der Waals surface area contributed by atoms with E-state index in [1.807, 2.05) is 25.1 Å². The zero-order valence-electron chi connectivity index (χ0n) is 9.27. The van der Waals surface area contributed by atoms with Gasteiger partial charge in [-0.05, 0) is 37.3 Å². The number of hydrogen-bond donors (Lipinski definition) is 2. The summed E-state index contributed by atoms with van der Waals surface area (Å²) in [6.07, 6.45) is 0. The van der Waals surface area contributed by atoms with Gasteiger partial charge in [0.05, 0.1) is 7.11 Å². The van der Waals surface area contributed by atoms with Gasteiger partial charge in [-0.15, -0.1) is 0 Å². The normalized spacial score (nSPS) is 10.5. The summed E-state index contributed by atoms with van der Waals surface area (Å²) >= 11 is 0. The molecule has 0 radical (unpaired) electrons. The van der Waals surface area contributed by atoms with Crippen LogP contribution < -0.4 is 10.2 Å². The summed E-state index contributed by atoms with van der Waals surface area (Å²) in [5.41, 5.74) is 1.44. The number of nitrogens with zero attached hydrogens (tertiary/aromatic N) is 1. The molecule has 0 bridgehead atoms. The van der Waals surface area contributed by atoms with Gasteiger partial charge in [-0.25, -0.2) is 0 Å². The minimum absolute atomic E-state index is 0.450. The third kappa shape index (κ3) is 3.55. The van der Waals surface area contributed by atoms with Gasteiger partial charge in [0.2, 0.25) is 0 Å². The highest BCUT2D eigenvalue weighted by molar-refractivity contribution is 6.58. The van der Waals surface area contributed by atoms with Gasteiger partial charge in [-0.1, -0.05) is 6.07 Å². The van der Waals surface area contributed by atoms with Crippen LogP contribution in [-0.4, -0.2) is 43.3 Å². The van der Waals surface area contributed by atoms with Crippen LogP contribution in [0.4, 0.5) is 0 Å². The maximum absolute atomic E-state index is 9.09. The van der Waals surface area contributed by atoms with E-state index in [-0.39, 0.29) is 0 Å². The zero-order valence-corrected chi connectivity index (χ0v) is 9.27. The van der Waals surface area contributed by atoms with Gasteiger partial charge in [0.15, 0.2) is 0 Å². The van der Waals surface area contributed by atoms with Crippen molar-refractivity contribution in [3.8, 4) is 5.75 Å². The van der Waals surface area contributed by atoms with Crippen molar-refractivity contribution in [3.05, 3.63) is 23.8 Å². The Hall–Kier alpha value is -1.04. The van der Waals surface area contributed by atoms with Crippen molar-refractivity contribution in [2.24, 2.45) is 0 Å². The summed E-state index contributed by atoms with van der Waals surface area (Å²) in [7, 11) is 4.01. The molecule has 0 saturated carbocycles. The molecule has 1 rings (SSSR count). The van der Waals surface area contributed by atoms with E-state index in [2.05, 4.69) is 0 Å². The highest BCUT2D eigenvalue weighted by atomic mass is 16.5. The van der Waals surface area contributed by atoms with Crippen LogP contribution in [0.5, 0.6) is 5.75 Å². The fourth-order valence-electron chi connectivity index (χ4n) is 1.41. The summed E-state index contributed by atoms with van der Waals surface area (Å²) in [4.78, 5) is 2.00. The number of hydrogen-bond acceptors (Lipinski definition) is 4. The van der Waals surface area contributed by atoms with Crippen LogP contribution >= 0.6 is 0 Å². The fraction of sp³-hybridized carbons (Fsp3) is 0.400. The molecule has 0 aliphatic heterocycles. The van der Waals surface area contributed by atoms with E-state index in [9.17, 15) is 0 Å². The largest absolute Gasteiger partial charge is 0.497 e. The Bertz CT molecular complexity index is 328. The molecule has 2 N–H and O–H groups in total. The first kappa shape index (κ1) is 12.0. The van der Waals surface area contributed by atoms with Crippen LogP contribution in [0.2, 0.25) is 0 Å². The maximum atomic E-state index is 9.09. The molecular weight excluding hydrogens is 193 g/mol. The van der Waals surface area contributed by atoms with E-state index in [4.69, 9.17) is 14.8 Å². The van der Waals surface area contributed by atoms with Crippen LogP contribution in [-0.2, 0) is 6.54 Å². The second kappa shape index (κ2) is 5.16. The monoisotopic (exact) mass is 209 g/mol. The molecule has 0 saturated heterocycles. The lowest BCUT2D eigenvalue weighted by molar-refractivity contribution is 0.394. The standard InChI is InChI=1S/C10H16BNO3/c1-12(2)7-8-4-9(11(13)14)6-10(5-8)15-3/h4-6,13-14H,7H2,1-3H3. The molecule has 0 aliphatic rings. The topological polar surface area (TPSA) is 52.9 Å². The lowest BCUT2D eigenvalue weighted by atomic mass is 9.79. The summed E-state index contributed by atoms with van der Waals surface area (Å²) in [6, 6.07) is 5.25. The van der Waals surface area contributed by atoms with E-state index >= 15 is 0 Å². The van der Waals surface area contributed by atoms with Crippen molar-refractivity contribution >= 4 is 12.6 Å². The van der Waals surface area contributed by atoms with Gasteiger partial charge >= 0.3 is 7.12 Å². The summed E-state index contributed by atoms with van der Waals surface area (Å²) < 4.78 is 5.09. The predicted octanol–water partition coefficient (Wildman–Crippen LogP) is -0.563. The second-order valence-corrected chi connectivity index (χ2v) is 3.73. The maximum Gasteiger partial charge on any atom is 0.488 e. The third-order valence-electron chi connectivity index (χ3n) is 2.02. The van der Waals surface area contributed by atoms with Crippen molar-refractivity contribution in [2.45, 2.75) is 6.54 Å². The minimum Gasteiger partial charge on any atom is -0.497 e. The van der Waals surface area contributed by atoms with Gasteiger partial charge in [0.25, 0.3) is 0 Å². The Morgan fingerprint density at radius 2 is 1.93 bits per heavy atom. The molecule has 0 aromatic heterocycles. The van der Waals surface area contributed by atoms with Crippen LogP contribution in [0.15, 0.2) is 18.2 Å². The molecule has 0 spiro atoms. The van der Waals surface area contributed by atoms with Crippen LogP contribution in [0.25, 0.3) is 0 Å². The lowest BCUT2D eigenvalue weighted by Gasteiger charge is -2.12. The first-order chi connectivity index (χ1) is 7.02. The first-order valence-corrected chi connectivity index (χ1v) is 4.71. The van der Waals surface area contributed by atoms with Gasteiger partial charge in [-0.2, -0.15) is 0 Å². The van der Waals surface area contributed by atoms with E-state index in [0.717, 1.165) is 12.1 Å². The van der Waals surface area contributed by atoms with Gasteiger partial charge in [-0.3, -0.25) is 0 Å².